The summed E-state index contributed by atoms with van der Waals surface area (Å²) in [4.78, 5) is 22.8. The first kappa shape index (κ1) is 14.2. The number of hydrogen-bond donors (Lipinski definition) is 1. The number of nitrogens with one attached hydrogen (secondary N) is 1. The fourth-order valence-electron chi connectivity index (χ4n) is 1.85. The first-order valence-corrected chi connectivity index (χ1v) is 6.44. The van der Waals surface area contributed by atoms with Crippen LogP contribution in [0.4, 0.5) is 0 Å². The van der Waals surface area contributed by atoms with Crippen molar-refractivity contribution in [3.05, 3.63) is 0 Å². The predicted octanol–water partition coefficient (Wildman–Crippen LogP) is 1.68. The molecule has 1 saturated carbocycles. The van der Waals surface area contributed by atoms with Crippen molar-refractivity contribution in [2.45, 2.75) is 58.7 Å². The summed E-state index contributed by atoms with van der Waals surface area (Å²) in [5, 5.41) is 2.85. The third-order valence-corrected chi connectivity index (χ3v) is 2.94. The van der Waals surface area contributed by atoms with Crippen LogP contribution in [0.3, 0.4) is 0 Å². The molecule has 4 nitrogen and oxygen atoms in total. The lowest BCUT2D eigenvalue weighted by atomic mass is 9.96. The third kappa shape index (κ3) is 5.31. The van der Waals surface area contributed by atoms with Crippen LogP contribution in [0.15, 0.2) is 0 Å². The number of rotatable bonds is 5. The van der Waals surface area contributed by atoms with Crippen LogP contribution in [0, 0.1) is 5.92 Å². The van der Waals surface area contributed by atoms with Gasteiger partial charge in [-0.25, -0.2) is 0 Å². The molecule has 1 unspecified atom stereocenters. The number of Topliss-reactive ketones (excluding diaryl/α,β-unsaturated/α-hetero) is 1. The van der Waals surface area contributed by atoms with E-state index in [1.54, 1.807) is 6.92 Å². The van der Waals surface area contributed by atoms with E-state index in [9.17, 15) is 9.59 Å². The molecule has 0 aromatic heterocycles. The van der Waals surface area contributed by atoms with Crippen molar-refractivity contribution in [3.63, 3.8) is 0 Å². The second-order valence-electron chi connectivity index (χ2n) is 5.16. The summed E-state index contributed by atoms with van der Waals surface area (Å²) in [7, 11) is 0. The van der Waals surface area contributed by atoms with Crippen LogP contribution in [0.5, 0.6) is 0 Å². The van der Waals surface area contributed by atoms with Crippen molar-refractivity contribution in [1.82, 2.24) is 5.32 Å². The van der Waals surface area contributed by atoms with Crippen LogP contribution in [0.2, 0.25) is 0 Å². The van der Waals surface area contributed by atoms with E-state index in [2.05, 4.69) is 19.2 Å². The highest BCUT2D eigenvalue weighted by atomic mass is 16.5. The summed E-state index contributed by atoms with van der Waals surface area (Å²) >= 11 is 0. The lowest BCUT2D eigenvalue weighted by Crippen LogP contribution is -2.39. The van der Waals surface area contributed by atoms with Crippen molar-refractivity contribution in [2.75, 3.05) is 6.54 Å². The van der Waals surface area contributed by atoms with Gasteiger partial charge in [0.15, 0.2) is 0 Å². The fourth-order valence-corrected chi connectivity index (χ4v) is 1.85. The molecule has 1 rings (SSSR count). The van der Waals surface area contributed by atoms with E-state index in [1.807, 2.05) is 0 Å². The van der Waals surface area contributed by atoms with Crippen LogP contribution in [-0.2, 0) is 14.3 Å². The Hall–Kier alpha value is -0.900. The number of ketones is 1. The zero-order chi connectivity index (χ0) is 12.8. The number of amides is 1. The van der Waals surface area contributed by atoms with Crippen molar-refractivity contribution >= 4 is 11.7 Å². The summed E-state index contributed by atoms with van der Waals surface area (Å²) in [5.41, 5.74) is 0. The molecule has 4 heteroatoms. The first-order chi connectivity index (χ1) is 7.99. The molecule has 0 heterocycles. The SMILES string of the molecule is CC(C)CNC(=O)C(C)OC1CCC(=O)CC1. The maximum Gasteiger partial charge on any atom is 0.248 e. The van der Waals surface area contributed by atoms with Crippen molar-refractivity contribution in [2.24, 2.45) is 5.92 Å². The summed E-state index contributed by atoms with van der Waals surface area (Å²) in [6.45, 7) is 6.55. The molecule has 1 amide bonds. The van der Waals surface area contributed by atoms with Gasteiger partial charge in [0, 0.05) is 19.4 Å². The average Bonchev–Trinajstić information content (AvgIpc) is 2.28. The van der Waals surface area contributed by atoms with E-state index in [0.29, 0.717) is 31.1 Å². The second kappa shape index (κ2) is 6.74. The molecule has 0 radical (unpaired) electrons. The zero-order valence-electron chi connectivity index (χ0n) is 11.0. The topological polar surface area (TPSA) is 55.4 Å². The van der Waals surface area contributed by atoms with E-state index < -0.39 is 6.10 Å². The first-order valence-electron chi connectivity index (χ1n) is 6.44. The van der Waals surface area contributed by atoms with Gasteiger partial charge in [0.25, 0.3) is 0 Å². The molecule has 1 aliphatic carbocycles. The van der Waals surface area contributed by atoms with Gasteiger partial charge in [-0.3, -0.25) is 9.59 Å². The van der Waals surface area contributed by atoms with Gasteiger partial charge in [-0.15, -0.1) is 0 Å². The summed E-state index contributed by atoms with van der Waals surface area (Å²) in [5.74, 6) is 0.691. The number of carbonyl (C=O) groups is 2. The second-order valence-corrected chi connectivity index (χ2v) is 5.16. The Bertz CT molecular complexity index is 266. The van der Waals surface area contributed by atoms with Crippen molar-refractivity contribution in [1.29, 1.82) is 0 Å². The molecular formula is C13H23NO3. The minimum Gasteiger partial charge on any atom is -0.365 e. The summed E-state index contributed by atoms with van der Waals surface area (Å²) in [6, 6.07) is 0. The Kier molecular flexibility index (Phi) is 5.62. The van der Waals surface area contributed by atoms with E-state index >= 15 is 0 Å². The zero-order valence-corrected chi connectivity index (χ0v) is 11.0. The van der Waals surface area contributed by atoms with Crippen LogP contribution in [-0.4, -0.2) is 30.4 Å². The lowest BCUT2D eigenvalue weighted by molar-refractivity contribution is -0.138. The van der Waals surface area contributed by atoms with E-state index in [-0.39, 0.29) is 12.0 Å². The minimum absolute atomic E-state index is 0.0596. The maximum absolute atomic E-state index is 11.7. The largest absolute Gasteiger partial charge is 0.365 e. The van der Waals surface area contributed by atoms with Gasteiger partial charge in [0.05, 0.1) is 6.10 Å². The van der Waals surface area contributed by atoms with Gasteiger partial charge >= 0.3 is 0 Å². The smallest absolute Gasteiger partial charge is 0.248 e. The normalized spacial score (nSPS) is 19.4. The fraction of sp³-hybridized carbons (Fsp3) is 0.846. The number of carbonyl (C=O) groups excluding carboxylic acids is 2. The third-order valence-electron chi connectivity index (χ3n) is 2.94. The monoisotopic (exact) mass is 241 g/mol. The Morgan fingerprint density at radius 3 is 2.47 bits per heavy atom. The Morgan fingerprint density at radius 1 is 1.35 bits per heavy atom. The predicted molar refractivity (Wildman–Crippen MR) is 65.7 cm³/mol. The Morgan fingerprint density at radius 2 is 1.94 bits per heavy atom. The molecule has 0 aliphatic heterocycles. The molecule has 98 valence electrons. The van der Waals surface area contributed by atoms with E-state index in [1.165, 1.54) is 0 Å². The van der Waals surface area contributed by atoms with Gasteiger partial charge in [0.2, 0.25) is 5.91 Å². The minimum atomic E-state index is -0.424. The van der Waals surface area contributed by atoms with Crippen molar-refractivity contribution < 1.29 is 14.3 Å². The molecule has 0 bridgehead atoms. The van der Waals surface area contributed by atoms with E-state index in [4.69, 9.17) is 4.74 Å². The molecule has 1 fully saturated rings. The molecule has 0 spiro atoms. The highest BCUT2D eigenvalue weighted by molar-refractivity contribution is 5.80. The summed E-state index contributed by atoms with van der Waals surface area (Å²) < 4.78 is 5.67. The quantitative estimate of drug-likeness (QED) is 0.796. The van der Waals surface area contributed by atoms with Gasteiger partial charge in [0.1, 0.15) is 11.9 Å². The molecular weight excluding hydrogens is 218 g/mol. The Balaban J connectivity index is 2.25. The lowest BCUT2D eigenvalue weighted by Gasteiger charge is -2.24. The number of hydrogen-bond acceptors (Lipinski definition) is 3. The molecule has 1 atom stereocenters. The maximum atomic E-state index is 11.7. The van der Waals surface area contributed by atoms with Crippen molar-refractivity contribution in [3.8, 4) is 0 Å². The number of ether oxygens (including phenoxy) is 1. The van der Waals surface area contributed by atoms with E-state index in [0.717, 1.165) is 12.8 Å². The van der Waals surface area contributed by atoms with Crippen LogP contribution < -0.4 is 5.32 Å². The van der Waals surface area contributed by atoms with Gasteiger partial charge < -0.3 is 10.1 Å². The van der Waals surface area contributed by atoms with Gasteiger partial charge in [-0.05, 0) is 25.7 Å². The van der Waals surface area contributed by atoms with Gasteiger partial charge in [-0.2, -0.15) is 0 Å². The van der Waals surface area contributed by atoms with Crippen LogP contribution in [0.1, 0.15) is 46.5 Å². The highest BCUT2D eigenvalue weighted by Gasteiger charge is 2.23. The van der Waals surface area contributed by atoms with Crippen LogP contribution in [0.25, 0.3) is 0 Å². The molecule has 1 aliphatic rings. The standard InChI is InChI=1S/C13H23NO3/c1-9(2)8-14-13(16)10(3)17-12-6-4-11(15)5-7-12/h9-10,12H,4-8H2,1-3H3,(H,14,16). The highest BCUT2D eigenvalue weighted by Crippen LogP contribution is 2.19. The molecule has 17 heavy (non-hydrogen) atoms. The summed E-state index contributed by atoms with van der Waals surface area (Å²) in [6.07, 6.45) is 2.32. The average molecular weight is 241 g/mol. The van der Waals surface area contributed by atoms with Crippen LogP contribution >= 0.6 is 0 Å². The Labute approximate surface area is 103 Å². The molecule has 1 N–H and O–H groups in total. The molecule has 0 saturated heterocycles. The molecule has 0 aromatic rings. The molecule has 0 aromatic carbocycles. The van der Waals surface area contributed by atoms with Gasteiger partial charge in [-0.1, -0.05) is 13.8 Å².